The summed E-state index contributed by atoms with van der Waals surface area (Å²) < 4.78 is 28.0. The Morgan fingerprint density at radius 2 is 1.70 bits per heavy atom. The first-order chi connectivity index (χ1) is 12.8. The molecule has 0 saturated carbocycles. The van der Waals surface area contributed by atoms with Gasteiger partial charge in [0.1, 0.15) is 11.5 Å². The Labute approximate surface area is 163 Å². The first-order valence-electron chi connectivity index (χ1n) is 8.34. The highest BCUT2D eigenvalue weighted by Gasteiger charge is 2.21. The molecule has 2 heterocycles. The molecule has 2 aromatic heterocycles. The van der Waals surface area contributed by atoms with Gasteiger partial charge in [-0.2, -0.15) is 8.42 Å². The lowest BCUT2D eigenvalue weighted by molar-refractivity contribution is 0.597. The number of aromatic nitrogens is 3. The van der Waals surface area contributed by atoms with Crippen LogP contribution in [-0.4, -0.2) is 23.4 Å². The van der Waals surface area contributed by atoms with Gasteiger partial charge in [-0.15, -0.1) is 0 Å². The molecule has 6 nitrogen and oxygen atoms in total. The normalized spacial score (nSPS) is 11.6. The largest absolute Gasteiger partial charge is 0.280 e. The fraction of sp³-hybridized carbons (Fsp3) is 0.211. The molecule has 0 aliphatic rings. The highest BCUT2D eigenvalue weighted by atomic mass is 35.5. The Kier molecular flexibility index (Phi) is 5.43. The van der Waals surface area contributed by atoms with Gasteiger partial charge in [0.25, 0.3) is 10.0 Å². The maximum atomic E-state index is 12.8. The molecule has 0 spiro atoms. The van der Waals surface area contributed by atoms with E-state index in [9.17, 15) is 8.42 Å². The topological polar surface area (TPSA) is 84.8 Å². The monoisotopic (exact) mass is 402 g/mol. The van der Waals surface area contributed by atoms with Crippen molar-refractivity contribution < 1.29 is 8.42 Å². The minimum atomic E-state index is -3.92. The summed E-state index contributed by atoms with van der Waals surface area (Å²) in [5.41, 5.74) is 3.16. The molecule has 1 aromatic carbocycles. The molecule has 3 rings (SSSR count). The summed E-state index contributed by atoms with van der Waals surface area (Å²) in [5, 5.41) is 0.0751. The van der Waals surface area contributed by atoms with E-state index < -0.39 is 10.0 Å². The number of pyridine rings is 1. The smallest absolute Gasteiger partial charge is 0.261 e. The van der Waals surface area contributed by atoms with Crippen LogP contribution in [0.1, 0.15) is 30.9 Å². The Morgan fingerprint density at radius 1 is 1.00 bits per heavy atom. The predicted molar refractivity (Wildman–Crippen MR) is 106 cm³/mol. The van der Waals surface area contributed by atoms with Crippen molar-refractivity contribution in [1.29, 1.82) is 0 Å². The first kappa shape index (κ1) is 19.3. The number of rotatable bonds is 5. The number of nitrogens with one attached hydrogen (secondary N) is 1. The van der Waals surface area contributed by atoms with Crippen molar-refractivity contribution in [3.8, 4) is 11.1 Å². The van der Waals surface area contributed by atoms with E-state index in [1.165, 1.54) is 12.4 Å². The van der Waals surface area contributed by atoms with Crippen LogP contribution in [-0.2, 0) is 10.0 Å². The number of hydrogen-bond acceptors (Lipinski definition) is 5. The van der Waals surface area contributed by atoms with Crippen molar-refractivity contribution in [3.63, 3.8) is 0 Å². The number of anilines is 1. The maximum Gasteiger partial charge on any atom is 0.280 e. The van der Waals surface area contributed by atoms with Crippen LogP contribution in [0.4, 0.5) is 5.82 Å². The van der Waals surface area contributed by atoms with Crippen LogP contribution >= 0.6 is 11.6 Å². The van der Waals surface area contributed by atoms with E-state index >= 15 is 0 Å². The Bertz CT molecular complexity index is 1050. The molecule has 0 fully saturated rings. The van der Waals surface area contributed by atoms with Crippen molar-refractivity contribution in [2.45, 2.75) is 31.7 Å². The zero-order chi connectivity index (χ0) is 19.6. The number of sulfonamides is 1. The molecule has 0 bridgehead atoms. The van der Waals surface area contributed by atoms with Crippen LogP contribution in [0.3, 0.4) is 0 Å². The van der Waals surface area contributed by atoms with Gasteiger partial charge in [0, 0.05) is 6.20 Å². The second kappa shape index (κ2) is 7.62. The summed E-state index contributed by atoms with van der Waals surface area (Å²) >= 11 is 6.23. The van der Waals surface area contributed by atoms with Gasteiger partial charge >= 0.3 is 0 Å². The van der Waals surface area contributed by atoms with Gasteiger partial charge in [-0.25, -0.2) is 15.0 Å². The summed E-state index contributed by atoms with van der Waals surface area (Å²) in [6.07, 6.45) is 2.78. The molecular weight excluding hydrogens is 384 g/mol. The Morgan fingerprint density at radius 3 is 2.30 bits per heavy atom. The van der Waals surface area contributed by atoms with E-state index in [1.807, 2.05) is 45.0 Å². The molecule has 3 aromatic rings. The lowest BCUT2D eigenvalue weighted by atomic mass is 10.1. The summed E-state index contributed by atoms with van der Waals surface area (Å²) in [7, 11) is -3.92. The summed E-state index contributed by atoms with van der Waals surface area (Å²) in [6.45, 7) is 5.99. The highest BCUT2D eigenvalue weighted by molar-refractivity contribution is 7.92. The van der Waals surface area contributed by atoms with Crippen LogP contribution < -0.4 is 4.72 Å². The van der Waals surface area contributed by atoms with Gasteiger partial charge in [-0.3, -0.25) is 4.72 Å². The van der Waals surface area contributed by atoms with Gasteiger partial charge in [-0.05, 0) is 30.0 Å². The van der Waals surface area contributed by atoms with Gasteiger partial charge in [-0.1, -0.05) is 61.3 Å². The third-order valence-electron chi connectivity index (χ3n) is 4.07. The molecule has 8 heteroatoms. The zero-order valence-corrected chi connectivity index (χ0v) is 16.7. The standard InChI is InChI=1S/C19H19ClN4O2S/c1-12(2)15-8-9-16(21-10-15)27(25,26)24-19-17(18(20)22-11-23-19)14-6-4-13(3)5-7-14/h4-12H,1-3H3,(H,22,23,24). The van der Waals surface area contributed by atoms with E-state index in [0.717, 1.165) is 11.1 Å². The minimum absolute atomic E-state index is 0.0866. The highest BCUT2D eigenvalue weighted by Crippen LogP contribution is 2.33. The minimum Gasteiger partial charge on any atom is -0.261 e. The number of aryl methyl sites for hydroxylation is 1. The Balaban J connectivity index is 2.00. The second-order valence-corrected chi connectivity index (χ2v) is 8.43. The van der Waals surface area contributed by atoms with Crippen LogP contribution in [0.15, 0.2) is 53.9 Å². The second-order valence-electron chi connectivity index (χ2n) is 6.44. The van der Waals surface area contributed by atoms with E-state index in [2.05, 4.69) is 19.7 Å². The SMILES string of the molecule is Cc1ccc(-c2c(Cl)ncnc2NS(=O)(=O)c2ccc(C(C)C)cn2)cc1. The summed E-state index contributed by atoms with van der Waals surface area (Å²) in [4.78, 5) is 12.1. The number of benzene rings is 1. The molecule has 27 heavy (non-hydrogen) atoms. The molecule has 0 radical (unpaired) electrons. The predicted octanol–water partition coefficient (Wildman–Crippen LogP) is 4.42. The summed E-state index contributed by atoms with van der Waals surface area (Å²) in [6, 6.07) is 10.7. The van der Waals surface area contributed by atoms with Crippen LogP contribution in [0.25, 0.3) is 11.1 Å². The lowest BCUT2D eigenvalue weighted by Crippen LogP contribution is -2.16. The summed E-state index contributed by atoms with van der Waals surface area (Å²) in [5.74, 6) is 0.365. The van der Waals surface area contributed by atoms with Gasteiger partial charge in [0.2, 0.25) is 0 Å². The van der Waals surface area contributed by atoms with Crippen molar-refractivity contribution in [2.75, 3.05) is 4.72 Å². The molecule has 0 amide bonds. The quantitative estimate of drug-likeness (QED) is 0.638. The fourth-order valence-corrected chi connectivity index (χ4v) is 3.68. The Hall–Kier alpha value is -2.51. The number of nitrogens with zero attached hydrogens (tertiary/aromatic N) is 3. The van der Waals surface area contributed by atoms with Crippen LogP contribution in [0, 0.1) is 6.92 Å². The molecule has 0 aliphatic heterocycles. The first-order valence-corrected chi connectivity index (χ1v) is 10.2. The van der Waals surface area contributed by atoms with Gasteiger partial charge in [0.05, 0.1) is 5.56 Å². The van der Waals surface area contributed by atoms with E-state index in [-0.39, 0.29) is 21.9 Å². The van der Waals surface area contributed by atoms with E-state index in [0.29, 0.717) is 11.1 Å². The van der Waals surface area contributed by atoms with E-state index in [4.69, 9.17) is 11.6 Å². The zero-order valence-electron chi connectivity index (χ0n) is 15.1. The lowest BCUT2D eigenvalue weighted by Gasteiger charge is -2.13. The van der Waals surface area contributed by atoms with E-state index in [1.54, 1.807) is 12.3 Å². The maximum absolute atomic E-state index is 12.8. The molecule has 1 N–H and O–H groups in total. The van der Waals surface area contributed by atoms with Crippen molar-refractivity contribution in [3.05, 3.63) is 65.2 Å². The van der Waals surface area contributed by atoms with Gasteiger partial charge in [0.15, 0.2) is 10.8 Å². The molecule has 0 unspecified atom stereocenters. The third-order valence-corrected chi connectivity index (χ3v) is 5.61. The van der Waals surface area contributed by atoms with Crippen molar-refractivity contribution in [1.82, 2.24) is 15.0 Å². The molecule has 0 aliphatic carbocycles. The number of hydrogen-bond donors (Lipinski definition) is 1. The molecule has 140 valence electrons. The third kappa shape index (κ3) is 4.26. The molecule has 0 atom stereocenters. The van der Waals surface area contributed by atoms with Crippen LogP contribution in [0.2, 0.25) is 5.15 Å². The fourth-order valence-electron chi connectivity index (χ4n) is 2.49. The van der Waals surface area contributed by atoms with Crippen LogP contribution in [0.5, 0.6) is 0 Å². The number of halogens is 1. The van der Waals surface area contributed by atoms with Crippen molar-refractivity contribution >= 4 is 27.4 Å². The average Bonchev–Trinajstić information content (AvgIpc) is 2.63. The molecule has 0 saturated heterocycles. The van der Waals surface area contributed by atoms with Gasteiger partial charge < -0.3 is 0 Å². The average molecular weight is 403 g/mol. The molecular formula is C19H19ClN4O2S. The van der Waals surface area contributed by atoms with Crippen molar-refractivity contribution in [2.24, 2.45) is 0 Å².